The van der Waals surface area contributed by atoms with Gasteiger partial charge in [-0.1, -0.05) is 17.3 Å². The van der Waals surface area contributed by atoms with Gasteiger partial charge in [0.25, 0.3) is 5.91 Å². The summed E-state index contributed by atoms with van der Waals surface area (Å²) < 4.78 is 10.6. The summed E-state index contributed by atoms with van der Waals surface area (Å²) in [7, 11) is 1.83. The summed E-state index contributed by atoms with van der Waals surface area (Å²) in [6.07, 6.45) is 0.966. The minimum Gasteiger partial charge on any atom is -0.485 e. The molecule has 2 aromatic rings. The van der Waals surface area contributed by atoms with E-state index in [1.54, 1.807) is 24.0 Å². The molecular weight excluding hydrogens is 332 g/mol. The molecule has 1 amide bonds. The van der Waals surface area contributed by atoms with Gasteiger partial charge in [0.1, 0.15) is 5.75 Å². The highest BCUT2D eigenvalue weighted by Gasteiger charge is 2.25. The summed E-state index contributed by atoms with van der Waals surface area (Å²) in [6, 6.07) is 7.44. The van der Waals surface area contributed by atoms with Gasteiger partial charge in [0.2, 0.25) is 11.7 Å². The number of amides is 1. The van der Waals surface area contributed by atoms with Gasteiger partial charge < -0.3 is 19.5 Å². The number of aromatic nitrogens is 2. The Labute approximate surface area is 146 Å². The highest BCUT2D eigenvalue weighted by molar-refractivity contribution is 5.97. The topological polar surface area (TPSA) is 80.5 Å². The van der Waals surface area contributed by atoms with E-state index in [9.17, 15) is 4.79 Å². The molecule has 130 valence electrons. The summed E-state index contributed by atoms with van der Waals surface area (Å²) in [5, 5.41) is 7.06. The van der Waals surface area contributed by atoms with Gasteiger partial charge in [-0.05, 0) is 25.1 Å². The molecule has 8 heteroatoms. The largest absolute Gasteiger partial charge is 0.485 e. The average Bonchev–Trinajstić information content (AvgIpc) is 3.23. The molecule has 0 bridgehead atoms. The minimum atomic E-state index is -0.0430. The number of halogens is 1. The Hall–Kier alpha value is -2.12. The van der Waals surface area contributed by atoms with Crippen LogP contribution in [0.25, 0.3) is 0 Å². The Morgan fingerprint density at radius 2 is 2.25 bits per heavy atom. The molecule has 3 rings (SSSR count). The van der Waals surface area contributed by atoms with E-state index in [-0.39, 0.29) is 31.0 Å². The van der Waals surface area contributed by atoms with Crippen molar-refractivity contribution in [3.05, 3.63) is 41.5 Å². The van der Waals surface area contributed by atoms with Crippen LogP contribution < -0.4 is 10.1 Å². The Kier molecular flexibility index (Phi) is 6.16. The molecule has 1 aromatic heterocycles. The van der Waals surface area contributed by atoms with Crippen LogP contribution in [-0.4, -0.2) is 47.1 Å². The monoisotopic (exact) mass is 352 g/mol. The highest BCUT2D eigenvalue weighted by atomic mass is 35.5. The molecule has 1 N–H and O–H groups in total. The molecule has 1 saturated heterocycles. The van der Waals surface area contributed by atoms with Crippen molar-refractivity contribution in [2.45, 2.75) is 26.0 Å². The lowest BCUT2D eigenvalue weighted by atomic mass is 10.1. The number of carbonyl (C=O) groups excluding carboxylic acids is 1. The van der Waals surface area contributed by atoms with E-state index >= 15 is 0 Å². The zero-order valence-electron chi connectivity index (χ0n) is 13.7. The Bertz CT molecular complexity index is 685. The zero-order chi connectivity index (χ0) is 16.2. The third-order valence-electron chi connectivity index (χ3n) is 3.95. The summed E-state index contributed by atoms with van der Waals surface area (Å²) >= 11 is 0. The van der Waals surface area contributed by atoms with Gasteiger partial charge in [0.15, 0.2) is 6.61 Å². The fourth-order valence-electron chi connectivity index (χ4n) is 2.64. The predicted molar refractivity (Wildman–Crippen MR) is 90.4 cm³/mol. The first-order valence-electron chi connectivity index (χ1n) is 7.64. The molecular formula is C16H21ClN4O3. The molecule has 0 radical (unpaired) electrons. The van der Waals surface area contributed by atoms with Crippen LogP contribution in [0.5, 0.6) is 5.75 Å². The molecule has 0 spiro atoms. The Morgan fingerprint density at radius 3 is 2.92 bits per heavy atom. The number of hydrogen-bond donors (Lipinski definition) is 1. The smallest absolute Gasteiger partial charge is 0.257 e. The van der Waals surface area contributed by atoms with Gasteiger partial charge in [-0.2, -0.15) is 4.98 Å². The van der Waals surface area contributed by atoms with Crippen molar-refractivity contribution in [3.8, 4) is 5.75 Å². The summed E-state index contributed by atoms with van der Waals surface area (Å²) in [5.74, 6) is 1.43. The first-order chi connectivity index (χ1) is 11.1. The standard InChI is InChI=1S/C16H20N4O3.ClH/c1-11-18-15(19-23-11)10-22-14-6-4-3-5-13(14)16(21)20(2)12-7-8-17-9-12;/h3-6,12,17H,7-10H2,1-2H3;1H. The number of likely N-dealkylation sites (N-methyl/N-ethyl adjacent to an activating group) is 1. The second kappa shape index (κ2) is 8.12. The van der Waals surface area contributed by atoms with Gasteiger partial charge in [-0.3, -0.25) is 4.79 Å². The van der Waals surface area contributed by atoms with Gasteiger partial charge in [-0.25, -0.2) is 0 Å². The molecule has 1 fully saturated rings. The average molecular weight is 353 g/mol. The minimum absolute atomic E-state index is 0. The van der Waals surface area contributed by atoms with Crippen LogP contribution >= 0.6 is 12.4 Å². The predicted octanol–water partition coefficient (Wildman–Crippen LogP) is 1.81. The van der Waals surface area contributed by atoms with E-state index in [4.69, 9.17) is 9.26 Å². The molecule has 7 nitrogen and oxygen atoms in total. The Balaban J connectivity index is 0.00000208. The molecule has 24 heavy (non-hydrogen) atoms. The normalized spacial score (nSPS) is 16.5. The van der Waals surface area contributed by atoms with E-state index in [0.717, 1.165) is 19.5 Å². The van der Waals surface area contributed by atoms with Crippen molar-refractivity contribution in [2.75, 3.05) is 20.1 Å². The molecule has 1 aromatic carbocycles. The van der Waals surface area contributed by atoms with Gasteiger partial charge in [0.05, 0.1) is 5.56 Å². The van der Waals surface area contributed by atoms with Crippen molar-refractivity contribution in [3.63, 3.8) is 0 Å². The third-order valence-corrected chi connectivity index (χ3v) is 3.95. The lowest BCUT2D eigenvalue weighted by Crippen LogP contribution is -2.38. The van der Waals surface area contributed by atoms with Crippen molar-refractivity contribution in [1.82, 2.24) is 20.4 Å². The van der Waals surface area contributed by atoms with Gasteiger partial charge in [0, 0.05) is 26.6 Å². The summed E-state index contributed by atoms with van der Waals surface area (Å²) in [5.41, 5.74) is 0.544. The second-order valence-electron chi connectivity index (χ2n) is 5.58. The molecule has 0 saturated carbocycles. The fourth-order valence-corrected chi connectivity index (χ4v) is 2.64. The maximum Gasteiger partial charge on any atom is 0.257 e. The summed E-state index contributed by atoms with van der Waals surface area (Å²) in [6.45, 7) is 3.65. The van der Waals surface area contributed by atoms with Crippen LogP contribution in [0, 0.1) is 6.92 Å². The SMILES string of the molecule is Cc1nc(COc2ccccc2C(=O)N(C)C2CCNC2)no1.Cl. The number of rotatable bonds is 5. The lowest BCUT2D eigenvalue weighted by Gasteiger charge is -2.24. The number of para-hydroxylation sites is 1. The van der Waals surface area contributed by atoms with Crippen molar-refractivity contribution in [1.29, 1.82) is 0 Å². The van der Waals surface area contributed by atoms with Crippen molar-refractivity contribution < 1.29 is 14.1 Å². The van der Waals surface area contributed by atoms with Crippen LogP contribution in [0.15, 0.2) is 28.8 Å². The van der Waals surface area contributed by atoms with Crippen molar-refractivity contribution in [2.24, 2.45) is 0 Å². The van der Waals surface area contributed by atoms with Gasteiger partial charge in [-0.15, -0.1) is 12.4 Å². The van der Waals surface area contributed by atoms with Crippen molar-refractivity contribution >= 4 is 18.3 Å². The van der Waals surface area contributed by atoms with Crippen LogP contribution in [0.1, 0.15) is 28.5 Å². The number of aryl methyl sites for hydroxylation is 1. The quantitative estimate of drug-likeness (QED) is 0.884. The van der Waals surface area contributed by atoms with E-state index in [2.05, 4.69) is 15.5 Å². The maximum atomic E-state index is 12.7. The molecule has 0 aliphatic carbocycles. The maximum absolute atomic E-state index is 12.7. The fraction of sp³-hybridized carbons (Fsp3) is 0.438. The number of nitrogens with zero attached hydrogens (tertiary/aromatic N) is 3. The number of benzene rings is 1. The number of carbonyl (C=O) groups is 1. The molecule has 1 aliphatic heterocycles. The first-order valence-corrected chi connectivity index (χ1v) is 7.64. The zero-order valence-corrected chi connectivity index (χ0v) is 14.5. The summed E-state index contributed by atoms with van der Waals surface area (Å²) in [4.78, 5) is 18.6. The van der Waals surface area contributed by atoms with E-state index in [1.165, 1.54) is 0 Å². The number of hydrogen-bond acceptors (Lipinski definition) is 6. The number of nitrogens with one attached hydrogen (secondary N) is 1. The van der Waals surface area contributed by atoms with E-state index < -0.39 is 0 Å². The number of ether oxygens (including phenoxy) is 1. The third kappa shape index (κ3) is 4.04. The molecule has 1 atom stereocenters. The van der Waals surface area contributed by atoms with Crippen LogP contribution in [0.2, 0.25) is 0 Å². The van der Waals surface area contributed by atoms with E-state index in [1.807, 2.05) is 19.2 Å². The van der Waals surface area contributed by atoms with E-state index in [0.29, 0.717) is 23.0 Å². The lowest BCUT2D eigenvalue weighted by molar-refractivity contribution is 0.0738. The first kappa shape index (κ1) is 18.2. The van der Waals surface area contributed by atoms with Crippen LogP contribution in [0.4, 0.5) is 0 Å². The van der Waals surface area contributed by atoms with Crippen LogP contribution in [0.3, 0.4) is 0 Å². The van der Waals surface area contributed by atoms with Gasteiger partial charge >= 0.3 is 0 Å². The molecule has 1 unspecified atom stereocenters. The Morgan fingerprint density at radius 1 is 1.46 bits per heavy atom. The molecule has 2 heterocycles. The highest BCUT2D eigenvalue weighted by Crippen LogP contribution is 2.22. The van der Waals surface area contributed by atoms with Crippen LogP contribution in [-0.2, 0) is 6.61 Å². The second-order valence-corrected chi connectivity index (χ2v) is 5.58. The molecule has 1 aliphatic rings.